The molecule has 0 bridgehead atoms. The Bertz CT molecular complexity index is 457. The summed E-state index contributed by atoms with van der Waals surface area (Å²) < 4.78 is 4.97. The lowest BCUT2D eigenvalue weighted by atomic mass is 9.86. The van der Waals surface area contributed by atoms with Gasteiger partial charge in [0.15, 0.2) is 5.78 Å². The summed E-state index contributed by atoms with van der Waals surface area (Å²) in [5.74, 6) is -0.279. The largest absolute Gasteiger partial charge is 0.395 e. The molecule has 1 aromatic rings. The molecule has 2 rings (SSSR count). The van der Waals surface area contributed by atoms with Crippen molar-refractivity contribution in [3.63, 3.8) is 0 Å². The predicted octanol–water partition coefficient (Wildman–Crippen LogP) is 0.837. The van der Waals surface area contributed by atoms with Crippen LogP contribution in [0.3, 0.4) is 0 Å². The first-order valence-electron chi connectivity index (χ1n) is 5.68. The summed E-state index contributed by atoms with van der Waals surface area (Å²) in [6.07, 6.45) is 0. The maximum Gasteiger partial charge on any atom is 0.237 e. The van der Waals surface area contributed by atoms with Gasteiger partial charge in [0, 0.05) is 11.3 Å². The quantitative estimate of drug-likeness (QED) is 0.775. The zero-order valence-electron chi connectivity index (χ0n) is 10.1. The van der Waals surface area contributed by atoms with Gasteiger partial charge in [-0.1, -0.05) is 0 Å². The third-order valence-electron chi connectivity index (χ3n) is 3.09. The SMILES string of the molecule is CC(=O)c1ccc(NC(=O)C2(CO)COC2)cc1. The molecule has 1 aromatic carbocycles. The summed E-state index contributed by atoms with van der Waals surface area (Å²) in [4.78, 5) is 23.1. The van der Waals surface area contributed by atoms with Crippen molar-refractivity contribution in [2.24, 2.45) is 5.41 Å². The number of nitrogens with one attached hydrogen (secondary N) is 1. The molecule has 0 aliphatic carbocycles. The first-order valence-corrected chi connectivity index (χ1v) is 5.68. The molecule has 1 saturated heterocycles. The summed E-state index contributed by atoms with van der Waals surface area (Å²) >= 11 is 0. The summed E-state index contributed by atoms with van der Waals surface area (Å²) in [7, 11) is 0. The van der Waals surface area contributed by atoms with Crippen molar-refractivity contribution in [2.75, 3.05) is 25.1 Å². The van der Waals surface area contributed by atoms with Crippen molar-refractivity contribution in [1.29, 1.82) is 0 Å². The Kier molecular flexibility index (Phi) is 3.45. The maximum atomic E-state index is 11.9. The van der Waals surface area contributed by atoms with Gasteiger partial charge >= 0.3 is 0 Å². The molecule has 0 saturated carbocycles. The van der Waals surface area contributed by atoms with Crippen LogP contribution in [0.25, 0.3) is 0 Å². The first kappa shape index (κ1) is 12.7. The molecular formula is C13H15NO4. The Balaban J connectivity index is 2.05. The molecule has 2 N–H and O–H groups in total. The number of benzene rings is 1. The van der Waals surface area contributed by atoms with Gasteiger partial charge in [-0.3, -0.25) is 9.59 Å². The molecule has 1 aliphatic heterocycles. The molecule has 0 radical (unpaired) electrons. The van der Waals surface area contributed by atoms with Gasteiger partial charge < -0.3 is 15.2 Å². The Morgan fingerprint density at radius 3 is 2.33 bits per heavy atom. The molecule has 0 atom stereocenters. The van der Waals surface area contributed by atoms with Crippen LogP contribution >= 0.6 is 0 Å². The molecule has 0 spiro atoms. The van der Waals surface area contributed by atoms with E-state index in [1.54, 1.807) is 24.3 Å². The van der Waals surface area contributed by atoms with Gasteiger partial charge in [-0.05, 0) is 31.2 Å². The van der Waals surface area contributed by atoms with E-state index in [0.717, 1.165) is 0 Å². The predicted molar refractivity (Wildman–Crippen MR) is 65.4 cm³/mol. The Morgan fingerprint density at radius 1 is 1.33 bits per heavy atom. The minimum Gasteiger partial charge on any atom is -0.395 e. The van der Waals surface area contributed by atoms with E-state index in [1.165, 1.54) is 6.92 Å². The van der Waals surface area contributed by atoms with Crippen molar-refractivity contribution in [2.45, 2.75) is 6.92 Å². The van der Waals surface area contributed by atoms with Gasteiger partial charge in [0.2, 0.25) is 5.91 Å². The number of aliphatic hydroxyl groups is 1. The van der Waals surface area contributed by atoms with Crippen molar-refractivity contribution in [3.05, 3.63) is 29.8 Å². The van der Waals surface area contributed by atoms with E-state index < -0.39 is 5.41 Å². The highest BCUT2D eigenvalue weighted by molar-refractivity contribution is 5.97. The third kappa shape index (κ3) is 2.27. The first-order chi connectivity index (χ1) is 8.57. The van der Waals surface area contributed by atoms with E-state index in [9.17, 15) is 14.7 Å². The van der Waals surface area contributed by atoms with Gasteiger partial charge in [0.1, 0.15) is 5.41 Å². The summed E-state index contributed by atoms with van der Waals surface area (Å²) in [6, 6.07) is 6.64. The van der Waals surface area contributed by atoms with Crippen molar-refractivity contribution >= 4 is 17.4 Å². The lowest BCUT2D eigenvalue weighted by Crippen LogP contribution is -2.54. The number of amides is 1. The number of ether oxygens (including phenoxy) is 1. The van der Waals surface area contributed by atoms with E-state index in [2.05, 4.69) is 5.32 Å². The van der Waals surface area contributed by atoms with Crippen LogP contribution in [0.1, 0.15) is 17.3 Å². The topological polar surface area (TPSA) is 75.6 Å². The second kappa shape index (κ2) is 4.88. The molecular weight excluding hydrogens is 234 g/mol. The standard InChI is InChI=1S/C13H15NO4/c1-9(16)10-2-4-11(5-3-10)14-12(17)13(6-15)7-18-8-13/h2-5,15H,6-8H2,1H3,(H,14,17). The van der Waals surface area contributed by atoms with Crippen LogP contribution in [0.2, 0.25) is 0 Å². The number of anilines is 1. The van der Waals surface area contributed by atoms with E-state index in [0.29, 0.717) is 11.3 Å². The maximum absolute atomic E-state index is 11.9. The fourth-order valence-corrected chi connectivity index (χ4v) is 1.69. The van der Waals surface area contributed by atoms with Gasteiger partial charge in [-0.15, -0.1) is 0 Å². The van der Waals surface area contributed by atoms with Crippen LogP contribution in [-0.2, 0) is 9.53 Å². The number of carbonyl (C=O) groups is 2. The minimum atomic E-state index is -0.820. The molecule has 0 unspecified atom stereocenters. The normalized spacial score (nSPS) is 16.8. The number of Topliss-reactive ketones (excluding diaryl/α,β-unsaturated/α-hetero) is 1. The molecule has 5 heteroatoms. The summed E-state index contributed by atoms with van der Waals surface area (Å²) in [5, 5.41) is 11.9. The highest BCUT2D eigenvalue weighted by Crippen LogP contribution is 2.28. The molecule has 5 nitrogen and oxygen atoms in total. The Labute approximate surface area is 105 Å². The fraction of sp³-hybridized carbons (Fsp3) is 0.385. The zero-order chi connectivity index (χ0) is 13.2. The van der Waals surface area contributed by atoms with Gasteiger partial charge in [-0.2, -0.15) is 0 Å². The van der Waals surface area contributed by atoms with Gasteiger partial charge in [0.05, 0.1) is 19.8 Å². The second-order valence-electron chi connectivity index (χ2n) is 4.52. The fourth-order valence-electron chi connectivity index (χ4n) is 1.69. The average molecular weight is 249 g/mol. The van der Waals surface area contributed by atoms with E-state index in [1.807, 2.05) is 0 Å². The highest BCUT2D eigenvalue weighted by Gasteiger charge is 2.45. The lowest BCUT2D eigenvalue weighted by Gasteiger charge is -2.37. The van der Waals surface area contributed by atoms with Crippen LogP contribution < -0.4 is 5.32 Å². The van der Waals surface area contributed by atoms with Crippen LogP contribution in [0.4, 0.5) is 5.69 Å². The van der Waals surface area contributed by atoms with Crippen molar-refractivity contribution < 1.29 is 19.4 Å². The number of rotatable bonds is 4. The number of carbonyl (C=O) groups excluding carboxylic acids is 2. The number of hydrogen-bond acceptors (Lipinski definition) is 4. The minimum absolute atomic E-state index is 0.0212. The molecule has 96 valence electrons. The van der Waals surface area contributed by atoms with Crippen molar-refractivity contribution in [1.82, 2.24) is 0 Å². The monoisotopic (exact) mass is 249 g/mol. The second-order valence-corrected chi connectivity index (χ2v) is 4.52. The molecule has 18 heavy (non-hydrogen) atoms. The summed E-state index contributed by atoms with van der Waals surface area (Å²) in [6.45, 7) is 1.73. The van der Waals surface area contributed by atoms with E-state index in [-0.39, 0.29) is 31.5 Å². The number of aliphatic hydroxyl groups excluding tert-OH is 1. The molecule has 1 heterocycles. The Morgan fingerprint density at radius 2 is 1.94 bits per heavy atom. The number of ketones is 1. The third-order valence-corrected chi connectivity index (χ3v) is 3.09. The highest BCUT2D eigenvalue weighted by atomic mass is 16.5. The molecule has 1 fully saturated rings. The lowest BCUT2D eigenvalue weighted by molar-refractivity contribution is -0.164. The number of hydrogen-bond donors (Lipinski definition) is 2. The van der Waals surface area contributed by atoms with Crippen LogP contribution in [-0.4, -0.2) is 36.6 Å². The van der Waals surface area contributed by atoms with Crippen molar-refractivity contribution in [3.8, 4) is 0 Å². The van der Waals surface area contributed by atoms with E-state index in [4.69, 9.17) is 4.74 Å². The van der Waals surface area contributed by atoms with Crippen LogP contribution in [0, 0.1) is 5.41 Å². The average Bonchev–Trinajstić information content (AvgIpc) is 2.29. The van der Waals surface area contributed by atoms with Gasteiger partial charge in [0.25, 0.3) is 0 Å². The van der Waals surface area contributed by atoms with Crippen LogP contribution in [0.5, 0.6) is 0 Å². The molecule has 1 amide bonds. The smallest absolute Gasteiger partial charge is 0.237 e. The zero-order valence-corrected chi connectivity index (χ0v) is 10.1. The van der Waals surface area contributed by atoms with E-state index >= 15 is 0 Å². The molecule has 0 aromatic heterocycles. The van der Waals surface area contributed by atoms with Gasteiger partial charge in [-0.25, -0.2) is 0 Å². The summed E-state index contributed by atoms with van der Waals surface area (Å²) in [5.41, 5.74) is 0.376. The molecule has 1 aliphatic rings. The van der Waals surface area contributed by atoms with Crippen LogP contribution in [0.15, 0.2) is 24.3 Å². The Hall–Kier alpha value is -1.72.